The van der Waals surface area contributed by atoms with Gasteiger partial charge in [0.2, 0.25) is 4.38 Å². The molecule has 1 fully saturated rings. The van der Waals surface area contributed by atoms with E-state index in [-0.39, 0.29) is 12.2 Å². The Hall–Kier alpha value is 0.200. The minimum absolute atomic E-state index is 0.147. The number of rotatable bonds is 7. The van der Waals surface area contributed by atoms with Crippen LogP contribution in [0.15, 0.2) is 0 Å². The molecule has 0 radical (unpaired) electrons. The van der Waals surface area contributed by atoms with Gasteiger partial charge in [0.1, 0.15) is 6.10 Å². The molecule has 0 aromatic heterocycles. The Morgan fingerprint density at radius 3 is 2.62 bits per heavy atom. The minimum Gasteiger partial charge on any atom is -0.473 e. The molecule has 0 N–H and O–H groups in total. The summed E-state index contributed by atoms with van der Waals surface area (Å²) in [6.07, 6.45) is 15.0. The Bertz CT molecular complexity index is 284. The van der Waals surface area contributed by atoms with Gasteiger partial charge >= 0.3 is 0 Å². The van der Waals surface area contributed by atoms with Crippen LogP contribution in [0, 0.1) is 0 Å². The van der Waals surface area contributed by atoms with Crippen molar-refractivity contribution >= 4 is 28.4 Å². The van der Waals surface area contributed by atoms with Crippen LogP contribution in [0.1, 0.15) is 78.1 Å². The quantitative estimate of drug-likeness (QED) is 0.438. The van der Waals surface area contributed by atoms with Gasteiger partial charge in [-0.25, -0.2) is 0 Å². The van der Waals surface area contributed by atoms with Crippen LogP contribution >= 0.6 is 24.0 Å². The van der Waals surface area contributed by atoms with E-state index in [1.54, 1.807) is 0 Å². The number of ether oxygens (including phenoxy) is 2. The van der Waals surface area contributed by atoms with Crippen LogP contribution in [0.4, 0.5) is 0 Å². The van der Waals surface area contributed by atoms with Gasteiger partial charge in [0, 0.05) is 0 Å². The molecule has 0 aromatic carbocycles. The molecule has 1 saturated heterocycles. The van der Waals surface area contributed by atoms with Crippen LogP contribution in [0.25, 0.3) is 0 Å². The first-order valence-electron chi connectivity index (χ1n) is 8.61. The van der Waals surface area contributed by atoms with Crippen LogP contribution in [-0.4, -0.2) is 29.0 Å². The molecular formula is C17H32O2S2. The van der Waals surface area contributed by atoms with E-state index in [1.807, 2.05) is 6.26 Å². The smallest absolute Gasteiger partial charge is 0.220 e. The van der Waals surface area contributed by atoms with Gasteiger partial charge in [0.25, 0.3) is 0 Å². The summed E-state index contributed by atoms with van der Waals surface area (Å²) in [6.45, 7) is 4.45. The predicted octanol–water partition coefficient (Wildman–Crippen LogP) is 5.73. The molecule has 0 unspecified atom stereocenters. The van der Waals surface area contributed by atoms with Gasteiger partial charge in [-0.15, -0.1) is 0 Å². The zero-order valence-electron chi connectivity index (χ0n) is 13.9. The van der Waals surface area contributed by atoms with Gasteiger partial charge in [0.05, 0.1) is 12.2 Å². The highest BCUT2D eigenvalue weighted by Crippen LogP contribution is 2.26. The number of thiocarbonyl (C=S) groups is 1. The van der Waals surface area contributed by atoms with Crippen molar-refractivity contribution in [3.05, 3.63) is 0 Å². The molecule has 2 nitrogen and oxygen atoms in total. The average molecular weight is 333 g/mol. The van der Waals surface area contributed by atoms with Gasteiger partial charge in [-0.1, -0.05) is 57.7 Å². The first-order chi connectivity index (χ1) is 10.2. The topological polar surface area (TPSA) is 18.5 Å². The molecule has 1 aliphatic rings. The second kappa shape index (κ2) is 11.7. The van der Waals surface area contributed by atoms with E-state index in [2.05, 4.69) is 13.8 Å². The Morgan fingerprint density at radius 1 is 1.19 bits per heavy atom. The van der Waals surface area contributed by atoms with Crippen molar-refractivity contribution in [1.29, 1.82) is 0 Å². The van der Waals surface area contributed by atoms with Gasteiger partial charge in [-0.2, -0.15) is 0 Å². The molecule has 1 rings (SSSR count). The number of hydrogen-bond donors (Lipinski definition) is 0. The summed E-state index contributed by atoms with van der Waals surface area (Å²) >= 11 is 6.75. The summed E-state index contributed by atoms with van der Waals surface area (Å²) in [5, 5.41) is 0. The zero-order chi connectivity index (χ0) is 15.5. The van der Waals surface area contributed by atoms with Gasteiger partial charge in [-0.3, -0.25) is 0 Å². The maximum absolute atomic E-state index is 6.38. The lowest BCUT2D eigenvalue weighted by Gasteiger charge is -2.33. The molecule has 4 heteroatoms. The van der Waals surface area contributed by atoms with Gasteiger partial charge in [0.15, 0.2) is 0 Å². The van der Waals surface area contributed by atoms with Crippen LogP contribution < -0.4 is 0 Å². The van der Waals surface area contributed by atoms with Crippen molar-refractivity contribution < 1.29 is 9.47 Å². The third-order valence-electron chi connectivity index (χ3n) is 4.24. The minimum atomic E-state index is 0.147. The highest BCUT2D eigenvalue weighted by molar-refractivity contribution is 8.22. The normalized spacial score (nSPS) is 26.9. The number of thioether (sulfide) groups is 1. The van der Waals surface area contributed by atoms with E-state index in [0.29, 0.717) is 10.5 Å². The monoisotopic (exact) mass is 332 g/mol. The maximum Gasteiger partial charge on any atom is 0.220 e. The highest BCUT2D eigenvalue weighted by atomic mass is 32.2. The molecule has 3 atom stereocenters. The van der Waals surface area contributed by atoms with E-state index in [9.17, 15) is 0 Å². The van der Waals surface area contributed by atoms with Crippen LogP contribution in [0.2, 0.25) is 0 Å². The summed E-state index contributed by atoms with van der Waals surface area (Å²) in [4.78, 5) is 0. The molecule has 1 heterocycles. The highest BCUT2D eigenvalue weighted by Gasteiger charge is 2.28. The van der Waals surface area contributed by atoms with E-state index >= 15 is 0 Å². The third kappa shape index (κ3) is 7.85. The fraction of sp³-hybridized carbons (Fsp3) is 0.941. The Morgan fingerprint density at radius 2 is 1.95 bits per heavy atom. The molecule has 21 heavy (non-hydrogen) atoms. The second-order valence-electron chi connectivity index (χ2n) is 5.95. The Kier molecular flexibility index (Phi) is 10.7. The standard InChI is InChI=1S/C17H32O2S2/c1-4-6-7-8-11-14-12-9-10-13-16(15(5-2)18-14)19-17(20)21-3/h14-16H,4-13H2,1-3H3/t14-,15+,16+/m0/s1. The lowest BCUT2D eigenvalue weighted by Crippen LogP contribution is -2.37. The van der Waals surface area contributed by atoms with Crippen LogP contribution in [0.3, 0.4) is 0 Å². The van der Waals surface area contributed by atoms with Gasteiger partial charge in [-0.05, 0) is 50.6 Å². The lowest BCUT2D eigenvalue weighted by atomic mass is 9.97. The Balaban J connectivity index is 2.48. The summed E-state index contributed by atoms with van der Waals surface area (Å²) in [6, 6.07) is 0. The van der Waals surface area contributed by atoms with Crippen molar-refractivity contribution in [1.82, 2.24) is 0 Å². The van der Waals surface area contributed by atoms with E-state index in [4.69, 9.17) is 21.7 Å². The molecule has 0 aromatic rings. The fourth-order valence-electron chi connectivity index (χ4n) is 2.98. The fourth-order valence-corrected chi connectivity index (χ4v) is 3.33. The molecule has 0 amide bonds. The number of hydrogen-bond acceptors (Lipinski definition) is 4. The van der Waals surface area contributed by atoms with Crippen molar-refractivity contribution in [3.8, 4) is 0 Å². The van der Waals surface area contributed by atoms with E-state index < -0.39 is 0 Å². The van der Waals surface area contributed by atoms with Crippen molar-refractivity contribution in [2.24, 2.45) is 0 Å². The summed E-state index contributed by atoms with van der Waals surface area (Å²) < 4.78 is 13.0. The summed E-state index contributed by atoms with van der Waals surface area (Å²) in [7, 11) is 0. The summed E-state index contributed by atoms with van der Waals surface area (Å²) in [5.41, 5.74) is 0. The number of unbranched alkanes of at least 4 members (excludes halogenated alkanes) is 3. The summed E-state index contributed by atoms with van der Waals surface area (Å²) in [5.74, 6) is 0. The first kappa shape index (κ1) is 19.2. The first-order valence-corrected chi connectivity index (χ1v) is 10.2. The molecule has 0 saturated carbocycles. The van der Waals surface area contributed by atoms with E-state index in [0.717, 1.165) is 12.8 Å². The van der Waals surface area contributed by atoms with Crippen molar-refractivity contribution in [2.45, 2.75) is 96.4 Å². The van der Waals surface area contributed by atoms with Crippen molar-refractivity contribution in [2.75, 3.05) is 6.26 Å². The third-order valence-corrected chi connectivity index (χ3v) is 5.27. The van der Waals surface area contributed by atoms with Crippen molar-refractivity contribution in [3.63, 3.8) is 0 Å². The van der Waals surface area contributed by atoms with Crippen LogP contribution in [-0.2, 0) is 9.47 Å². The maximum atomic E-state index is 6.38. The predicted molar refractivity (Wildman–Crippen MR) is 97.2 cm³/mol. The average Bonchev–Trinajstić information content (AvgIpc) is 2.48. The molecule has 0 bridgehead atoms. The molecule has 0 aliphatic carbocycles. The van der Waals surface area contributed by atoms with E-state index in [1.165, 1.54) is 63.1 Å². The van der Waals surface area contributed by atoms with Crippen LogP contribution in [0.5, 0.6) is 0 Å². The van der Waals surface area contributed by atoms with Gasteiger partial charge < -0.3 is 9.47 Å². The molecular weight excluding hydrogens is 300 g/mol. The molecule has 1 aliphatic heterocycles. The molecule has 0 spiro atoms. The Labute approximate surface area is 140 Å². The lowest BCUT2D eigenvalue weighted by molar-refractivity contribution is -0.0882. The molecule has 124 valence electrons. The second-order valence-corrected chi connectivity index (χ2v) is 7.36. The largest absolute Gasteiger partial charge is 0.473 e. The SMILES string of the molecule is CCCCCC[C@H]1CCCC[C@@H](OC(=S)SC)[C@@H](CC)O1. The zero-order valence-corrected chi connectivity index (χ0v) is 15.6.